The quantitative estimate of drug-likeness (QED) is 0.771. The summed E-state index contributed by atoms with van der Waals surface area (Å²) >= 11 is 5.88. The van der Waals surface area contributed by atoms with E-state index in [1.165, 1.54) is 5.56 Å². The Hall–Kier alpha value is -0.570. The highest BCUT2D eigenvalue weighted by Crippen LogP contribution is 2.13. The summed E-state index contributed by atoms with van der Waals surface area (Å²) in [4.78, 5) is 0. The van der Waals surface area contributed by atoms with Crippen LogP contribution in [0.25, 0.3) is 0 Å². The second kappa shape index (κ2) is 8.51. The van der Waals surface area contributed by atoms with Crippen molar-refractivity contribution in [3.63, 3.8) is 0 Å². The third kappa shape index (κ3) is 6.06. The third-order valence-electron chi connectivity index (χ3n) is 2.68. The van der Waals surface area contributed by atoms with Crippen molar-refractivity contribution in [3.8, 4) is 0 Å². The van der Waals surface area contributed by atoms with E-state index in [1.807, 2.05) is 19.1 Å². The number of hydrogen-bond acceptors (Lipinski definition) is 2. The lowest BCUT2D eigenvalue weighted by atomic mass is 10.00. The maximum atomic E-state index is 5.88. The van der Waals surface area contributed by atoms with Crippen LogP contribution in [0.2, 0.25) is 5.02 Å². The molecule has 0 fully saturated rings. The standard InChI is InChI=1S/C14H22ClNO/c1-3-16-10-13(11-17-4-2)9-12-5-7-14(15)8-6-12/h5-8,13,16H,3-4,9-11H2,1-2H3. The Kier molecular flexibility index (Phi) is 7.25. The number of halogens is 1. The van der Waals surface area contributed by atoms with Gasteiger partial charge >= 0.3 is 0 Å². The zero-order valence-electron chi connectivity index (χ0n) is 10.7. The molecule has 0 saturated carbocycles. The van der Waals surface area contributed by atoms with Crippen molar-refractivity contribution in [3.05, 3.63) is 34.9 Å². The molecule has 1 unspecified atom stereocenters. The SMILES string of the molecule is CCNCC(COCC)Cc1ccc(Cl)cc1. The van der Waals surface area contributed by atoms with Crippen LogP contribution in [0, 0.1) is 5.92 Å². The first-order valence-corrected chi connectivity index (χ1v) is 6.67. The van der Waals surface area contributed by atoms with Crippen LogP contribution >= 0.6 is 11.6 Å². The molecule has 1 N–H and O–H groups in total. The van der Waals surface area contributed by atoms with Crippen molar-refractivity contribution in [1.29, 1.82) is 0 Å². The maximum Gasteiger partial charge on any atom is 0.0509 e. The molecule has 1 aromatic carbocycles. The second-order valence-corrected chi connectivity index (χ2v) is 4.60. The number of nitrogens with one attached hydrogen (secondary N) is 1. The van der Waals surface area contributed by atoms with E-state index in [0.717, 1.165) is 37.7 Å². The topological polar surface area (TPSA) is 21.3 Å². The highest BCUT2D eigenvalue weighted by Gasteiger charge is 2.09. The summed E-state index contributed by atoms with van der Waals surface area (Å²) in [6.45, 7) is 7.75. The first-order valence-electron chi connectivity index (χ1n) is 6.29. The summed E-state index contributed by atoms with van der Waals surface area (Å²) in [6, 6.07) is 8.07. The molecule has 1 aromatic rings. The average Bonchev–Trinajstić information content (AvgIpc) is 2.35. The predicted molar refractivity (Wildman–Crippen MR) is 73.7 cm³/mol. The average molecular weight is 256 g/mol. The Labute approximate surface area is 109 Å². The Morgan fingerprint density at radius 1 is 1.24 bits per heavy atom. The highest BCUT2D eigenvalue weighted by atomic mass is 35.5. The molecule has 0 heterocycles. The van der Waals surface area contributed by atoms with E-state index in [4.69, 9.17) is 16.3 Å². The summed E-state index contributed by atoms with van der Waals surface area (Å²) in [5.41, 5.74) is 1.32. The van der Waals surface area contributed by atoms with E-state index in [2.05, 4.69) is 24.4 Å². The monoisotopic (exact) mass is 255 g/mol. The van der Waals surface area contributed by atoms with E-state index in [-0.39, 0.29) is 0 Å². The number of rotatable bonds is 8. The van der Waals surface area contributed by atoms with Gasteiger partial charge in [-0.2, -0.15) is 0 Å². The van der Waals surface area contributed by atoms with Gasteiger partial charge in [0.05, 0.1) is 6.61 Å². The lowest BCUT2D eigenvalue weighted by Gasteiger charge is -2.17. The summed E-state index contributed by atoms with van der Waals surface area (Å²) in [5, 5.41) is 4.18. The van der Waals surface area contributed by atoms with Crippen LogP contribution in [-0.2, 0) is 11.2 Å². The lowest BCUT2D eigenvalue weighted by Crippen LogP contribution is -2.27. The Morgan fingerprint density at radius 2 is 1.94 bits per heavy atom. The van der Waals surface area contributed by atoms with Crippen molar-refractivity contribution >= 4 is 11.6 Å². The maximum absolute atomic E-state index is 5.88. The van der Waals surface area contributed by atoms with Crippen molar-refractivity contribution < 1.29 is 4.74 Å². The van der Waals surface area contributed by atoms with Crippen LogP contribution in [0.5, 0.6) is 0 Å². The molecule has 0 aliphatic rings. The van der Waals surface area contributed by atoms with Crippen LogP contribution in [0.4, 0.5) is 0 Å². The fourth-order valence-electron chi connectivity index (χ4n) is 1.78. The Bertz CT molecular complexity index is 292. The number of ether oxygens (including phenoxy) is 1. The van der Waals surface area contributed by atoms with Gasteiger partial charge in [-0.05, 0) is 43.5 Å². The van der Waals surface area contributed by atoms with Gasteiger partial charge in [-0.3, -0.25) is 0 Å². The van der Waals surface area contributed by atoms with E-state index in [9.17, 15) is 0 Å². The highest BCUT2D eigenvalue weighted by molar-refractivity contribution is 6.30. The molecule has 17 heavy (non-hydrogen) atoms. The smallest absolute Gasteiger partial charge is 0.0509 e. The lowest BCUT2D eigenvalue weighted by molar-refractivity contribution is 0.110. The van der Waals surface area contributed by atoms with Gasteiger partial charge in [0.15, 0.2) is 0 Å². The molecule has 0 bridgehead atoms. The minimum Gasteiger partial charge on any atom is -0.381 e. The van der Waals surface area contributed by atoms with Crippen molar-refractivity contribution in [2.45, 2.75) is 20.3 Å². The molecule has 1 rings (SSSR count). The van der Waals surface area contributed by atoms with Gasteiger partial charge in [0, 0.05) is 18.2 Å². The van der Waals surface area contributed by atoms with E-state index >= 15 is 0 Å². The first kappa shape index (κ1) is 14.5. The van der Waals surface area contributed by atoms with Gasteiger partial charge in [0.25, 0.3) is 0 Å². The molecule has 0 saturated heterocycles. The van der Waals surface area contributed by atoms with Crippen molar-refractivity contribution in [2.75, 3.05) is 26.3 Å². The minimum absolute atomic E-state index is 0.524. The fourth-order valence-corrected chi connectivity index (χ4v) is 1.90. The molecule has 0 amide bonds. The molecule has 0 aliphatic carbocycles. The number of benzene rings is 1. The molecule has 3 heteroatoms. The molecule has 1 atom stereocenters. The predicted octanol–water partition coefficient (Wildman–Crippen LogP) is 3.14. The van der Waals surface area contributed by atoms with Gasteiger partial charge < -0.3 is 10.1 Å². The third-order valence-corrected chi connectivity index (χ3v) is 2.93. The van der Waals surface area contributed by atoms with E-state index < -0.39 is 0 Å². The van der Waals surface area contributed by atoms with Crippen LogP contribution in [0.1, 0.15) is 19.4 Å². The Balaban J connectivity index is 2.48. The second-order valence-electron chi connectivity index (χ2n) is 4.16. The fraction of sp³-hybridized carbons (Fsp3) is 0.571. The molecular formula is C14H22ClNO. The van der Waals surface area contributed by atoms with Crippen molar-refractivity contribution in [1.82, 2.24) is 5.32 Å². The molecule has 0 aromatic heterocycles. The van der Waals surface area contributed by atoms with E-state index in [0.29, 0.717) is 5.92 Å². The first-order chi connectivity index (χ1) is 8.26. The molecular weight excluding hydrogens is 234 g/mol. The van der Waals surface area contributed by atoms with Crippen molar-refractivity contribution in [2.24, 2.45) is 5.92 Å². The van der Waals surface area contributed by atoms with Gasteiger partial charge in [-0.1, -0.05) is 30.7 Å². The molecule has 96 valence electrons. The van der Waals surface area contributed by atoms with Gasteiger partial charge in [-0.15, -0.1) is 0 Å². The van der Waals surface area contributed by atoms with Crippen LogP contribution in [0.3, 0.4) is 0 Å². The molecule has 0 radical (unpaired) electrons. The zero-order valence-corrected chi connectivity index (χ0v) is 11.5. The van der Waals surface area contributed by atoms with Crippen LogP contribution in [0.15, 0.2) is 24.3 Å². The molecule has 0 spiro atoms. The van der Waals surface area contributed by atoms with Crippen LogP contribution < -0.4 is 5.32 Å². The molecule has 0 aliphatic heterocycles. The summed E-state index contributed by atoms with van der Waals surface area (Å²) < 4.78 is 5.52. The Morgan fingerprint density at radius 3 is 2.53 bits per heavy atom. The summed E-state index contributed by atoms with van der Waals surface area (Å²) in [6.07, 6.45) is 1.03. The van der Waals surface area contributed by atoms with E-state index in [1.54, 1.807) is 0 Å². The van der Waals surface area contributed by atoms with Gasteiger partial charge in [-0.25, -0.2) is 0 Å². The normalized spacial score (nSPS) is 12.6. The van der Waals surface area contributed by atoms with Crippen LogP contribution in [-0.4, -0.2) is 26.3 Å². The largest absolute Gasteiger partial charge is 0.381 e. The van der Waals surface area contributed by atoms with Gasteiger partial charge in [0.2, 0.25) is 0 Å². The number of hydrogen-bond donors (Lipinski definition) is 1. The van der Waals surface area contributed by atoms with Gasteiger partial charge in [0.1, 0.15) is 0 Å². The molecule has 2 nitrogen and oxygen atoms in total. The minimum atomic E-state index is 0.524. The zero-order chi connectivity index (χ0) is 12.5. The summed E-state index contributed by atoms with van der Waals surface area (Å²) in [5.74, 6) is 0.524. The summed E-state index contributed by atoms with van der Waals surface area (Å²) in [7, 11) is 0.